The minimum absolute atomic E-state index is 0.623. The molecule has 1 saturated carbocycles. The molecule has 0 bridgehead atoms. The van der Waals surface area contributed by atoms with E-state index in [9.17, 15) is 0 Å². The lowest BCUT2D eigenvalue weighted by atomic mass is 9.83. The van der Waals surface area contributed by atoms with E-state index in [0.29, 0.717) is 5.92 Å². The summed E-state index contributed by atoms with van der Waals surface area (Å²) in [5.74, 6) is 1.47. The third-order valence-corrected chi connectivity index (χ3v) is 5.08. The highest BCUT2D eigenvalue weighted by molar-refractivity contribution is 5.85. The van der Waals surface area contributed by atoms with E-state index in [4.69, 9.17) is 5.10 Å². The minimum atomic E-state index is 0.623. The number of rotatable bonds is 3. The molecule has 3 heterocycles. The first kappa shape index (κ1) is 13.6. The highest BCUT2D eigenvalue weighted by Gasteiger charge is 2.23. The minimum Gasteiger partial charge on any atom is -0.350 e. The third kappa shape index (κ3) is 2.08. The molecule has 4 aromatic rings. The van der Waals surface area contributed by atoms with Gasteiger partial charge in [0, 0.05) is 42.8 Å². The van der Waals surface area contributed by atoms with Gasteiger partial charge in [0.25, 0.3) is 0 Å². The van der Waals surface area contributed by atoms with E-state index in [2.05, 4.69) is 58.4 Å². The maximum Gasteiger partial charge on any atom is 0.156 e. The average Bonchev–Trinajstić information content (AvgIpc) is 3.11. The van der Waals surface area contributed by atoms with Crippen LogP contribution in [0.15, 0.2) is 48.9 Å². The van der Waals surface area contributed by atoms with Crippen LogP contribution in [0.4, 0.5) is 11.5 Å². The maximum atomic E-state index is 4.73. The van der Waals surface area contributed by atoms with Gasteiger partial charge in [-0.1, -0.05) is 12.5 Å². The zero-order chi connectivity index (χ0) is 16.1. The Balaban J connectivity index is 1.55. The molecule has 24 heavy (non-hydrogen) atoms. The Morgan fingerprint density at radius 3 is 2.83 bits per heavy atom. The van der Waals surface area contributed by atoms with Gasteiger partial charge in [-0.15, -0.1) is 0 Å². The van der Waals surface area contributed by atoms with Gasteiger partial charge in [0.1, 0.15) is 5.52 Å². The van der Waals surface area contributed by atoms with Crippen molar-refractivity contribution in [2.24, 2.45) is 7.05 Å². The van der Waals surface area contributed by atoms with Crippen molar-refractivity contribution in [1.29, 1.82) is 0 Å². The van der Waals surface area contributed by atoms with Crippen LogP contribution in [0.2, 0.25) is 0 Å². The summed E-state index contributed by atoms with van der Waals surface area (Å²) in [7, 11) is 2.06. The summed E-state index contributed by atoms with van der Waals surface area (Å²) in [5.41, 5.74) is 4.47. The molecule has 1 aliphatic rings. The zero-order valence-corrected chi connectivity index (χ0v) is 13.6. The van der Waals surface area contributed by atoms with Gasteiger partial charge < -0.3 is 9.88 Å². The summed E-state index contributed by atoms with van der Waals surface area (Å²) in [5, 5.41) is 9.43. The second-order valence-electron chi connectivity index (χ2n) is 6.63. The molecule has 0 spiro atoms. The van der Waals surface area contributed by atoms with Crippen LogP contribution in [0.3, 0.4) is 0 Å². The Hall–Kier alpha value is -2.82. The van der Waals surface area contributed by atoms with Gasteiger partial charge >= 0.3 is 0 Å². The van der Waals surface area contributed by atoms with Crippen molar-refractivity contribution in [3.05, 3.63) is 54.6 Å². The number of anilines is 2. The zero-order valence-electron chi connectivity index (χ0n) is 13.6. The Morgan fingerprint density at radius 2 is 2.00 bits per heavy atom. The summed E-state index contributed by atoms with van der Waals surface area (Å²) >= 11 is 0. The molecule has 0 unspecified atom stereocenters. The quantitative estimate of drug-likeness (QED) is 0.615. The van der Waals surface area contributed by atoms with Gasteiger partial charge in [-0.25, -0.2) is 9.50 Å². The summed E-state index contributed by atoms with van der Waals surface area (Å²) in [6, 6.07) is 10.7. The number of fused-ring (bicyclic) bond motifs is 2. The van der Waals surface area contributed by atoms with Crippen molar-refractivity contribution in [2.45, 2.75) is 25.2 Å². The van der Waals surface area contributed by atoms with E-state index < -0.39 is 0 Å². The molecule has 0 atom stereocenters. The van der Waals surface area contributed by atoms with Crippen LogP contribution in [0.25, 0.3) is 16.4 Å². The molecule has 0 radical (unpaired) electrons. The Morgan fingerprint density at radius 1 is 1.08 bits per heavy atom. The van der Waals surface area contributed by atoms with Crippen LogP contribution in [0.5, 0.6) is 0 Å². The van der Waals surface area contributed by atoms with Crippen molar-refractivity contribution < 1.29 is 0 Å². The van der Waals surface area contributed by atoms with Crippen molar-refractivity contribution in [3.63, 3.8) is 0 Å². The number of aromatic nitrogens is 4. The van der Waals surface area contributed by atoms with Crippen molar-refractivity contribution >= 4 is 27.9 Å². The van der Waals surface area contributed by atoms with Gasteiger partial charge in [-0.3, -0.25) is 0 Å². The summed E-state index contributed by atoms with van der Waals surface area (Å²) in [6.07, 6.45) is 9.62. The molecule has 0 saturated heterocycles. The number of aryl methyl sites for hydroxylation is 1. The highest BCUT2D eigenvalue weighted by Crippen LogP contribution is 2.36. The standard InChI is InChI=1S/C19H19N5/c1-23-9-7-14-5-6-15(11-17(14)23)21-19-18-12-16(13-3-2-4-13)22-24(18)10-8-20-19/h5-13H,2-4H2,1H3,(H,20,21). The summed E-state index contributed by atoms with van der Waals surface area (Å²) in [6.45, 7) is 0. The third-order valence-electron chi connectivity index (χ3n) is 5.08. The topological polar surface area (TPSA) is 47.2 Å². The lowest BCUT2D eigenvalue weighted by Crippen LogP contribution is -2.09. The normalized spacial score (nSPS) is 15.0. The second kappa shape index (κ2) is 5.09. The van der Waals surface area contributed by atoms with Crippen LogP contribution in [-0.4, -0.2) is 19.2 Å². The lowest BCUT2D eigenvalue weighted by molar-refractivity contribution is 0.409. The molecule has 120 valence electrons. The van der Waals surface area contributed by atoms with Crippen LogP contribution < -0.4 is 5.32 Å². The number of hydrogen-bond donors (Lipinski definition) is 1. The molecule has 0 amide bonds. The first-order valence-electron chi connectivity index (χ1n) is 8.44. The van der Waals surface area contributed by atoms with E-state index in [1.165, 1.54) is 35.9 Å². The fraction of sp³-hybridized carbons (Fsp3) is 0.263. The van der Waals surface area contributed by atoms with Gasteiger partial charge in [0.05, 0.1) is 5.69 Å². The molecule has 0 aliphatic heterocycles. The molecule has 3 aromatic heterocycles. The molecule has 5 heteroatoms. The van der Waals surface area contributed by atoms with Crippen LogP contribution in [0, 0.1) is 0 Å². The van der Waals surface area contributed by atoms with Gasteiger partial charge in [0.15, 0.2) is 5.82 Å². The fourth-order valence-corrected chi connectivity index (χ4v) is 3.42. The first-order valence-corrected chi connectivity index (χ1v) is 8.44. The molecule has 5 rings (SSSR count). The van der Waals surface area contributed by atoms with Crippen LogP contribution >= 0.6 is 0 Å². The summed E-state index contributed by atoms with van der Waals surface area (Å²) < 4.78 is 4.06. The molecule has 5 nitrogen and oxygen atoms in total. The van der Waals surface area contributed by atoms with Crippen LogP contribution in [0.1, 0.15) is 30.9 Å². The van der Waals surface area contributed by atoms with E-state index in [-0.39, 0.29) is 0 Å². The molecule has 1 aliphatic carbocycles. The molecular weight excluding hydrogens is 298 g/mol. The van der Waals surface area contributed by atoms with E-state index in [0.717, 1.165) is 17.0 Å². The van der Waals surface area contributed by atoms with Gasteiger partial charge in [-0.05, 0) is 42.5 Å². The Labute approximate surface area is 139 Å². The van der Waals surface area contributed by atoms with E-state index in [1.807, 2.05) is 10.7 Å². The molecule has 1 N–H and O–H groups in total. The highest BCUT2D eigenvalue weighted by atomic mass is 15.2. The van der Waals surface area contributed by atoms with Crippen LogP contribution in [-0.2, 0) is 7.05 Å². The number of hydrogen-bond acceptors (Lipinski definition) is 3. The Kier molecular flexibility index (Phi) is 2.89. The smallest absolute Gasteiger partial charge is 0.156 e. The lowest BCUT2D eigenvalue weighted by Gasteiger charge is -2.22. The number of nitrogens with zero attached hydrogens (tertiary/aromatic N) is 4. The fourth-order valence-electron chi connectivity index (χ4n) is 3.42. The predicted octanol–water partition coefficient (Wildman–Crippen LogP) is 4.23. The maximum absolute atomic E-state index is 4.73. The molecular formula is C19H19N5. The van der Waals surface area contributed by atoms with Crippen molar-refractivity contribution in [1.82, 2.24) is 19.2 Å². The van der Waals surface area contributed by atoms with Gasteiger partial charge in [0.2, 0.25) is 0 Å². The second-order valence-corrected chi connectivity index (χ2v) is 6.63. The number of benzene rings is 1. The van der Waals surface area contributed by atoms with E-state index >= 15 is 0 Å². The van der Waals surface area contributed by atoms with Crippen molar-refractivity contribution in [2.75, 3.05) is 5.32 Å². The largest absolute Gasteiger partial charge is 0.350 e. The monoisotopic (exact) mass is 317 g/mol. The predicted molar refractivity (Wildman–Crippen MR) is 95.8 cm³/mol. The SMILES string of the molecule is Cn1ccc2ccc(Nc3nccn4nc(C5CCC5)cc34)cc21. The van der Waals surface area contributed by atoms with E-state index in [1.54, 1.807) is 6.20 Å². The van der Waals surface area contributed by atoms with Gasteiger partial charge in [-0.2, -0.15) is 5.10 Å². The summed E-state index contributed by atoms with van der Waals surface area (Å²) in [4.78, 5) is 4.53. The first-order chi connectivity index (χ1) is 11.8. The Bertz CT molecular complexity index is 1040. The molecule has 1 fully saturated rings. The van der Waals surface area contributed by atoms with Crippen molar-refractivity contribution in [3.8, 4) is 0 Å². The number of nitrogens with one attached hydrogen (secondary N) is 1. The molecule has 1 aromatic carbocycles. The average molecular weight is 317 g/mol.